The summed E-state index contributed by atoms with van der Waals surface area (Å²) in [7, 11) is 0. The molecule has 0 aliphatic carbocycles. The molecule has 1 aromatic carbocycles. The standard InChI is InChI=1S/C19H33N5/c1-2-23-8-10-24(11-9-23)15-17-14-22-18(20)13-19(17,21)12-16-6-4-3-5-7-16/h3-7,17-18,22H,2,8-15,20-21H2,1H3. The van der Waals surface area contributed by atoms with E-state index >= 15 is 0 Å². The number of hydrogen-bond acceptors (Lipinski definition) is 5. The van der Waals surface area contributed by atoms with Crippen LogP contribution in [0.4, 0.5) is 0 Å². The molecule has 24 heavy (non-hydrogen) atoms. The Kier molecular flexibility index (Phi) is 5.89. The van der Waals surface area contributed by atoms with Crippen LogP contribution in [0, 0.1) is 5.92 Å². The molecule has 0 saturated carbocycles. The van der Waals surface area contributed by atoms with Crippen molar-refractivity contribution >= 4 is 0 Å². The molecule has 134 valence electrons. The van der Waals surface area contributed by atoms with Crippen molar-refractivity contribution < 1.29 is 0 Å². The van der Waals surface area contributed by atoms with Crippen molar-refractivity contribution in [1.29, 1.82) is 0 Å². The van der Waals surface area contributed by atoms with Crippen molar-refractivity contribution in [2.75, 3.05) is 45.8 Å². The Bertz CT molecular complexity index is 500. The second kappa shape index (κ2) is 7.93. The van der Waals surface area contributed by atoms with Crippen molar-refractivity contribution in [3.8, 4) is 0 Å². The van der Waals surface area contributed by atoms with E-state index < -0.39 is 0 Å². The van der Waals surface area contributed by atoms with E-state index in [0.29, 0.717) is 5.92 Å². The minimum absolute atomic E-state index is 0.00639. The van der Waals surface area contributed by atoms with E-state index in [1.54, 1.807) is 0 Å². The number of nitrogens with zero attached hydrogens (tertiary/aromatic N) is 2. The number of likely N-dealkylation sites (N-methyl/N-ethyl adjacent to an activating group) is 1. The molecule has 0 aromatic heterocycles. The van der Waals surface area contributed by atoms with Crippen molar-refractivity contribution in [3.63, 3.8) is 0 Å². The number of rotatable bonds is 5. The maximum absolute atomic E-state index is 6.94. The molecule has 2 heterocycles. The number of piperazine rings is 1. The molecule has 0 bridgehead atoms. The second-order valence-electron chi connectivity index (χ2n) is 7.55. The Labute approximate surface area is 146 Å². The molecule has 5 nitrogen and oxygen atoms in total. The molecular weight excluding hydrogens is 298 g/mol. The summed E-state index contributed by atoms with van der Waals surface area (Å²) >= 11 is 0. The maximum Gasteiger partial charge on any atom is 0.0564 e. The fraction of sp³-hybridized carbons (Fsp3) is 0.684. The van der Waals surface area contributed by atoms with Gasteiger partial charge in [0, 0.05) is 50.7 Å². The van der Waals surface area contributed by atoms with Crippen LogP contribution in [0.25, 0.3) is 0 Å². The molecule has 3 rings (SSSR count). The average molecular weight is 332 g/mol. The SMILES string of the molecule is CCN1CCN(CC2CNC(N)CC2(N)Cc2ccccc2)CC1. The lowest BCUT2D eigenvalue weighted by atomic mass is 9.74. The molecule has 2 fully saturated rings. The third kappa shape index (κ3) is 4.35. The Morgan fingerprint density at radius 3 is 2.46 bits per heavy atom. The smallest absolute Gasteiger partial charge is 0.0564 e. The molecule has 5 heteroatoms. The number of piperidine rings is 1. The van der Waals surface area contributed by atoms with E-state index in [1.807, 2.05) is 0 Å². The molecular formula is C19H33N5. The number of hydrogen-bond donors (Lipinski definition) is 3. The van der Waals surface area contributed by atoms with Gasteiger partial charge in [-0.05, 0) is 24.9 Å². The van der Waals surface area contributed by atoms with Gasteiger partial charge in [0.2, 0.25) is 0 Å². The van der Waals surface area contributed by atoms with Crippen molar-refractivity contribution in [3.05, 3.63) is 35.9 Å². The third-order valence-electron chi connectivity index (χ3n) is 5.81. The summed E-state index contributed by atoms with van der Waals surface area (Å²) in [4.78, 5) is 5.10. The average Bonchev–Trinajstić information content (AvgIpc) is 2.59. The second-order valence-corrected chi connectivity index (χ2v) is 7.55. The van der Waals surface area contributed by atoms with E-state index in [9.17, 15) is 0 Å². The molecule has 2 aliphatic heterocycles. The van der Waals surface area contributed by atoms with Crippen molar-refractivity contribution in [2.24, 2.45) is 17.4 Å². The first-order chi connectivity index (χ1) is 11.6. The zero-order chi connectivity index (χ0) is 17.0. The number of nitrogens with one attached hydrogen (secondary N) is 1. The maximum atomic E-state index is 6.94. The monoisotopic (exact) mass is 331 g/mol. The summed E-state index contributed by atoms with van der Waals surface area (Å²) < 4.78 is 0. The van der Waals surface area contributed by atoms with Gasteiger partial charge in [-0.25, -0.2) is 0 Å². The Morgan fingerprint density at radius 1 is 1.12 bits per heavy atom. The zero-order valence-corrected chi connectivity index (χ0v) is 15.0. The van der Waals surface area contributed by atoms with Gasteiger partial charge in [-0.3, -0.25) is 0 Å². The summed E-state index contributed by atoms with van der Waals surface area (Å²) in [6, 6.07) is 10.6. The van der Waals surface area contributed by atoms with Crippen LogP contribution in [-0.4, -0.2) is 67.3 Å². The minimum Gasteiger partial charge on any atom is -0.324 e. The first-order valence-corrected chi connectivity index (χ1v) is 9.35. The Hall–Kier alpha value is -0.980. The van der Waals surface area contributed by atoms with Gasteiger partial charge in [0.1, 0.15) is 0 Å². The minimum atomic E-state index is -0.228. The Morgan fingerprint density at radius 2 is 1.79 bits per heavy atom. The molecule has 0 spiro atoms. The van der Waals surface area contributed by atoms with Crippen LogP contribution in [0.15, 0.2) is 30.3 Å². The largest absolute Gasteiger partial charge is 0.324 e. The zero-order valence-electron chi connectivity index (χ0n) is 15.0. The molecule has 1 aromatic rings. The van der Waals surface area contributed by atoms with Crippen LogP contribution in [0.5, 0.6) is 0 Å². The van der Waals surface area contributed by atoms with Crippen LogP contribution >= 0.6 is 0 Å². The van der Waals surface area contributed by atoms with E-state index in [-0.39, 0.29) is 11.7 Å². The van der Waals surface area contributed by atoms with Gasteiger partial charge in [-0.1, -0.05) is 37.3 Å². The first-order valence-electron chi connectivity index (χ1n) is 9.35. The predicted molar refractivity (Wildman–Crippen MR) is 99.7 cm³/mol. The number of nitrogens with two attached hydrogens (primary N) is 2. The van der Waals surface area contributed by atoms with Gasteiger partial charge in [0.05, 0.1) is 6.17 Å². The van der Waals surface area contributed by atoms with Gasteiger partial charge in [0.25, 0.3) is 0 Å². The Balaban J connectivity index is 1.65. The summed E-state index contributed by atoms with van der Waals surface area (Å²) in [6.45, 7) is 10.0. The van der Waals surface area contributed by atoms with E-state index in [1.165, 1.54) is 18.7 Å². The summed E-state index contributed by atoms with van der Waals surface area (Å²) in [5.74, 6) is 0.436. The highest BCUT2D eigenvalue weighted by atomic mass is 15.3. The summed E-state index contributed by atoms with van der Waals surface area (Å²) in [6.07, 6.45) is 1.75. The molecule has 3 unspecified atom stereocenters. The van der Waals surface area contributed by atoms with E-state index in [0.717, 1.165) is 45.6 Å². The molecule has 5 N–H and O–H groups in total. The molecule has 3 atom stereocenters. The lowest BCUT2D eigenvalue weighted by Gasteiger charge is -2.47. The fourth-order valence-corrected chi connectivity index (χ4v) is 4.18. The lowest BCUT2D eigenvalue weighted by molar-refractivity contribution is 0.0791. The van der Waals surface area contributed by atoms with Gasteiger partial charge in [-0.2, -0.15) is 0 Å². The van der Waals surface area contributed by atoms with Crippen molar-refractivity contribution in [1.82, 2.24) is 15.1 Å². The van der Waals surface area contributed by atoms with Crippen LogP contribution in [0.2, 0.25) is 0 Å². The van der Waals surface area contributed by atoms with Crippen molar-refractivity contribution in [2.45, 2.75) is 31.5 Å². The normalized spacial score (nSPS) is 32.8. The quantitative estimate of drug-likeness (QED) is 0.731. The third-order valence-corrected chi connectivity index (χ3v) is 5.81. The molecule has 2 aliphatic rings. The predicted octanol–water partition coefficient (Wildman–Crippen LogP) is 0.458. The van der Waals surface area contributed by atoms with Gasteiger partial charge < -0.3 is 26.6 Å². The molecule has 0 amide bonds. The van der Waals surface area contributed by atoms with Crippen LogP contribution in [-0.2, 0) is 6.42 Å². The fourth-order valence-electron chi connectivity index (χ4n) is 4.18. The highest BCUT2D eigenvalue weighted by Gasteiger charge is 2.40. The summed E-state index contributed by atoms with van der Waals surface area (Å²) in [5, 5.41) is 3.44. The number of benzene rings is 1. The van der Waals surface area contributed by atoms with Crippen LogP contribution in [0.3, 0.4) is 0 Å². The van der Waals surface area contributed by atoms with Gasteiger partial charge in [0.15, 0.2) is 0 Å². The summed E-state index contributed by atoms with van der Waals surface area (Å²) in [5.41, 5.74) is 14.2. The topological polar surface area (TPSA) is 70.5 Å². The molecule has 2 saturated heterocycles. The lowest BCUT2D eigenvalue weighted by Crippen LogP contribution is -2.65. The van der Waals surface area contributed by atoms with Gasteiger partial charge in [-0.15, -0.1) is 0 Å². The van der Waals surface area contributed by atoms with E-state index in [2.05, 4.69) is 52.4 Å². The van der Waals surface area contributed by atoms with E-state index in [4.69, 9.17) is 11.5 Å². The molecule has 0 radical (unpaired) electrons. The van der Waals surface area contributed by atoms with Gasteiger partial charge >= 0.3 is 0 Å². The van der Waals surface area contributed by atoms with Crippen LogP contribution in [0.1, 0.15) is 18.9 Å². The highest BCUT2D eigenvalue weighted by Crippen LogP contribution is 2.28. The highest BCUT2D eigenvalue weighted by molar-refractivity contribution is 5.19. The van der Waals surface area contributed by atoms with Crippen LogP contribution < -0.4 is 16.8 Å². The first kappa shape index (κ1) is 17.8.